The Morgan fingerprint density at radius 1 is 1.30 bits per heavy atom. The Hall–Kier alpha value is -3.21. The molecular weight excluding hydrogens is 442 g/mol. The molecule has 1 aliphatic heterocycles. The van der Waals surface area contributed by atoms with Gasteiger partial charge in [-0.3, -0.25) is 14.0 Å². The Morgan fingerprint density at radius 3 is 2.76 bits per heavy atom. The van der Waals surface area contributed by atoms with Crippen LogP contribution in [0.25, 0.3) is 5.82 Å². The molecule has 0 N–H and O–H groups in total. The Bertz CT molecular complexity index is 1200. The molecule has 0 aliphatic carbocycles. The third-order valence-corrected chi connectivity index (χ3v) is 5.46. The highest BCUT2D eigenvalue weighted by Gasteiger charge is 2.37. The van der Waals surface area contributed by atoms with Crippen molar-refractivity contribution in [3.8, 4) is 5.82 Å². The molecule has 1 fully saturated rings. The average molecular weight is 465 g/mol. The number of pyridine rings is 2. The van der Waals surface area contributed by atoms with Gasteiger partial charge in [0.15, 0.2) is 11.6 Å². The van der Waals surface area contributed by atoms with Crippen LogP contribution in [-0.2, 0) is 23.9 Å². The van der Waals surface area contributed by atoms with Crippen LogP contribution in [0, 0.1) is 5.82 Å². The third kappa shape index (κ3) is 4.77. The predicted octanol–water partition coefficient (Wildman–Crippen LogP) is 3.42. The van der Waals surface area contributed by atoms with Gasteiger partial charge in [0.05, 0.1) is 24.5 Å². The molecular formula is C22H23F4N5O2. The van der Waals surface area contributed by atoms with Gasteiger partial charge in [0.25, 0.3) is 5.56 Å². The van der Waals surface area contributed by atoms with E-state index in [0.29, 0.717) is 32.3 Å². The highest BCUT2D eigenvalue weighted by Crippen LogP contribution is 2.35. The van der Waals surface area contributed by atoms with Gasteiger partial charge in [-0.25, -0.2) is 9.37 Å². The van der Waals surface area contributed by atoms with Crippen molar-refractivity contribution in [3.05, 3.63) is 69.7 Å². The minimum Gasteiger partial charge on any atom is -0.375 e. The standard InChI is InChI=1S/C22H23F4N5O2/c1-3-30-13-15(11-27-30)9-16-5-4-6-31(21(16)32)20-19(23)17(22(24,25)26)10-18(28-20)29-7-8-33-14(2)12-29/h4-6,10-11,13-14H,3,7-9,12H2,1-2H3/t14-/m1/s1. The van der Waals surface area contributed by atoms with Crippen LogP contribution in [0.1, 0.15) is 30.5 Å². The summed E-state index contributed by atoms with van der Waals surface area (Å²) in [6.07, 6.45) is -0.367. The number of hydrogen-bond donors (Lipinski definition) is 0. The van der Waals surface area contributed by atoms with Crippen LogP contribution in [-0.4, -0.2) is 45.1 Å². The van der Waals surface area contributed by atoms with Gasteiger partial charge in [0.2, 0.25) is 0 Å². The smallest absolute Gasteiger partial charge is 0.375 e. The van der Waals surface area contributed by atoms with Crippen LogP contribution in [0.3, 0.4) is 0 Å². The molecule has 3 aromatic rings. The molecule has 1 saturated heterocycles. The summed E-state index contributed by atoms with van der Waals surface area (Å²) in [5, 5.41) is 4.16. The van der Waals surface area contributed by atoms with Crippen LogP contribution in [0.2, 0.25) is 0 Å². The zero-order chi connectivity index (χ0) is 23.8. The quantitative estimate of drug-likeness (QED) is 0.541. The van der Waals surface area contributed by atoms with Gasteiger partial charge >= 0.3 is 6.18 Å². The molecule has 0 spiro atoms. The number of ether oxygens (including phenoxy) is 1. The van der Waals surface area contributed by atoms with Gasteiger partial charge in [-0.1, -0.05) is 6.07 Å². The van der Waals surface area contributed by atoms with Crippen molar-refractivity contribution in [2.24, 2.45) is 0 Å². The monoisotopic (exact) mass is 465 g/mol. The summed E-state index contributed by atoms with van der Waals surface area (Å²) in [4.78, 5) is 18.9. The summed E-state index contributed by atoms with van der Waals surface area (Å²) in [6, 6.07) is 3.72. The molecule has 0 bridgehead atoms. The Labute approximate surface area is 187 Å². The van der Waals surface area contributed by atoms with E-state index in [0.717, 1.165) is 10.1 Å². The molecule has 0 unspecified atom stereocenters. The lowest BCUT2D eigenvalue weighted by Gasteiger charge is -2.32. The second-order valence-corrected chi connectivity index (χ2v) is 7.88. The van der Waals surface area contributed by atoms with Gasteiger partial charge in [-0.15, -0.1) is 0 Å². The molecule has 0 amide bonds. The minimum absolute atomic E-state index is 0.0598. The van der Waals surface area contributed by atoms with E-state index in [9.17, 15) is 18.0 Å². The first kappa shape index (κ1) is 23.0. The number of aryl methyl sites for hydroxylation is 1. The van der Waals surface area contributed by atoms with E-state index >= 15 is 4.39 Å². The topological polar surface area (TPSA) is 65.2 Å². The average Bonchev–Trinajstić information content (AvgIpc) is 3.22. The second kappa shape index (κ2) is 8.97. The van der Waals surface area contributed by atoms with Crippen LogP contribution in [0.15, 0.2) is 41.6 Å². The van der Waals surface area contributed by atoms with Gasteiger partial charge in [0, 0.05) is 44.0 Å². The summed E-state index contributed by atoms with van der Waals surface area (Å²) in [5.41, 5.74) is -1.07. The SMILES string of the molecule is CCn1cc(Cc2cccn(-c3nc(N4CCO[C@H](C)C4)cc(C(F)(F)F)c3F)c2=O)cn1. The number of halogens is 4. The number of nitrogens with zero attached hydrogens (tertiary/aromatic N) is 5. The Morgan fingerprint density at radius 2 is 2.09 bits per heavy atom. The maximum Gasteiger partial charge on any atom is 0.419 e. The molecule has 3 aromatic heterocycles. The molecule has 1 atom stereocenters. The summed E-state index contributed by atoms with van der Waals surface area (Å²) in [7, 11) is 0. The van der Waals surface area contributed by atoms with Crippen LogP contribution in [0.5, 0.6) is 0 Å². The van der Waals surface area contributed by atoms with E-state index in [1.165, 1.54) is 12.3 Å². The fourth-order valence-corrected chi connectivity index (χ4v) is 3.79. The summed E-state index contributed by atoms with van der Waals surface area (Å²) >= 11 is 0. The van der Waals surface area contributed by atoms with Crippen molar-refractivity contribution in [1.29, 1.82) is 0 Å². The molecule has 0 saturated carbocycles. The van der Waals surface area contributed by atoms with E-state index in [2.05, 4.69) is 10.1 Å². The van der Waals surface area contributed by atoms with E-state index in [1.54, 1.807) is 35.0 Å². The van der Waals surface area contributed by atoms with Gasteiger partial charge in [-0.05, 0) is 31.5 Å². The fraction of sp³-hybridized carbons (Fsp3) is 0.409. The van der Waals surface area contributed by atoms with E-state index < -0.39 is 28.9 Å². The number of rotatable bonds is 5. The molecule has 176 valence electrons. The lowest BCUT2D eigenvalue weighted by atomic mass is 10.1. The number of morpholine rings is 1. The van der Waals surface area contributed by atoms with Gasteiger partial charge < -0.3 is 9.64 Å². The number of alkyl halides is 3. The number of anilines is 1. The molecule has 33 heavy (non-hydrogen) atoms. The molecule has 0 radical (unpaired) electrons. The predicted molar refractivity (Wildman–Crippen MR) is 113 cm³/mol. The van der Waals surface area contributed by atoms with E-state index in [1.807, 2.05) is 6.92 Å². The van der Waals surface area contributed by atoms with Crippen molar-refractivity contribution in [1.82, 2.24) is 19.3 Å². The summed E-state index contributed by atoms with van der Waals surface area (Å²) in [6.45, 7) is 5.26. The summed E-state index contributed by atoms with van der Waals surface area (Å²) < 4.78 is 64.0. The molecule has 4 heterocycles. The lowest BCUT2D eigenvalue weighted by molar-refractivity contribution is -0.140. The Kier molecular flexibility index (Phi) is 6.24. The van der Waals surface area contributed by atoms with Crippen LogP contribution < -0.4 is 10.5 Å². The maximum atomic E-state index is 15.1. The van der Waals surface area contributed by atoms with Crippen LogP contribution >= 0.6 is 0 Å². The van der Waals surface area contributed by atoms with E-state index in [-0.39, 0.29) is 23.9 Å². The Balaban J connectivity index is 1.80. The summed E-state index contributed by atoms with van der Waals surface area (Å²) in [5.74, 6) is -2.34. The molecule has 0 aromatic carbocycles. The first-order valence-corrected chi connectivity index (χ1v) is 10.5. The number of hydrogen-bond acceptors (Lipinski definition) is 5. The third-order valence-electron chi connectivity index (χ3n) is 5.46. The number of aromatic nitrogens is 4. The van der Waals surface area contributed by atoms with Crippen LogP contribution in [0.4, 0.5) is 23.4 Å². The first-order valence-electron chi connectivity index (χ1n) is 10.5. The normalized spacial score (nSPS) is 16.9. The molecule has 4 rings (SSSR count). The molecule has 1 aliphatic rings. The van der Waals surface area contributed by atoms with Crippen molar-refractivity contribution in [2.75, 3.05) is 24.6 Å². The lowest BCUT2D eigenvalue weighted by Crippen LogP contribution is -2.42. The van der Waals surface area contributed by atoms with Gasteiger partial charge in [0.1, 0.15) is 5.82 Å². The first-order chi connectivity index (χ1) is 15.7. The highest BCUT2D eigenvalue weighted by atomic mass is 19.4. The fourth-order valence-electron chi connectivity index (χ4n) is 3.79. The molecule has 11 heteroatoms. The minimum atomic E-state index is -4.95. The highest BCUT2D eigenvalue weighted by molar-refractivity contribution is 5.49. The molecule has 7 nitrogen and oxygen atoms in total. The van der Waals surface area contributed by atoms with Crippen molar-refractivity contribution >= 4 is 5.82 Å². The van der Waals surface area contributed by atoms with Crippen molar-refractivity contribution in [3.63, 3.8) is 0 Å². The zero-order valence-electron chi connectivity index (χ0n) is 18.1. The zero-order valence-corrected chi connectivity index (χ0v) is 18.1. The second-order valence-electron chi connectivity index (χ2n) is 7.88. The largest absolute Gasteiger partial charge is 0.419 e. The maximum absolute atomic E-state index is 15.1. The van der Waals surface area contributed by atoms with E-state index in [4.69, 9.17) is 4.74 Å². The van der Waals surface area contributed by atoms with Crippen molar-refractivity contribution < 1.29 is 22.3 Å². The van der Waals surface area contributed by atoms with Gasteiger partial charge in [-0.2, -0.15) is 18.3 Å². The van der Waals surface area contributed by atoms with Crippen molar-refractivity contribution in [2.45, 2.75) is 39.1 Å².